The van der Waals surface area contributed by atoms with Crippen LogP contribution in [0.3, 0.4) is 0 Å². The maximum absolute atomic E-state index is 10.0. The van der Waals surface area contributed by atoms with Gasteiger partial charge in [0.15, 0.2) is 0 Å². The molecule has 0 heterocycles. The summed E-state index contributed by atoms with van der Waals surface area (Å²) in [6.07, 6.45) is -0.838. The fraction of sp³-hybridized carbons (Fsp3) is 0.833. The number of aliphatic carboxylic acids is 1. The summed E-state index contributed by atoms with van der Waals surface area (Å²) >= 11 is 1.54. The Morgan fingerprint density at radius 1 is 1.70 bits per heavy atom. The molecule has 0 saturated carbocycles. The molecule has 0 amide bonds. The van der Waals surface area contributed by atoms with Crippen molar-refractivity contribution in [1.82, 2.24) is 0 Å². The SMILES string of the molecule is CCSC[C@H](O)CC(=O)O. The van der Waals surface area contributed by atoms with Gasteiger partial charge >= 0.3 is 5.97 Å². The monoisotopic (exact) mass is 164 g/mol. The van der Waals surface area contributed by atoms with Gasteiger partial charge in [0.2, 0.25) is 0 Å². The molecule has 3 nitrogen and oxygen atoms in total. The second-order valence-electron chi connectivity index (χ2n) is 1.91. The average molecular weight is 164 g/mol. The van der Waals surface area contributed by atoms with Crippen molar-refractivity contribution in [3.05, 3.63) is 0 Å². The number of carbonyl (C=O) groups is 1. The molecule has 0 saturated heterocycles. The van der Waals surface area contributed by atoms with E-state index < -0.39 is 12.1 Å². The van der Waals surface area contributed by atoms with Crippen molar-refractivity contribution in [2.45, 2.75) is 19.4 Å². The third kappa shape index (κ3) is 5.91. The summed E-state index contributed by atoms with van der Waals surface area (Å²) in [6.45, 7) is 1.97. The maximum Gasteiger partial charge on any atom is 0.306 e. The molecule has 4 heteroatoms. The van der Waals surface area contributed by atoms with Crippen LogP contribution in [-0.2, 0) is 4.79 Å². The first kappa shape index (κ1) is 9.78. The molecule has 0 aliphatic heterocycles. The van der Waals surface area contributed by atoms with Crippen LogP contribution in [0, 0.1) is 0 Å². The summed E-state index contributed by atoms with van der Waals surface area (Å²) in [6, 6.07) is 0. The second kappa shape index (κ2) is 5.56. The molecule has 10 heavy (non-hydrogen) atoms. The molecule has 0 rings (SSSR count). The number of hydrogen-bond donors (Lipinski definition) is 2. The van der Waals surface area contributed by atoms with Crippen LogP contribution in [0.25, 0.3) is 0 Å². The zero-order valence-electron chi connectivity index (χ0n) is 5.91. The zero-order chi connectivity index (χ0) is 7.98. The Morgan fingerprint density at radius 2 is 2.30 bits per heavy atom. The molecule has 0 aromatic rings. The molecule has 0 fully saturated rings. The first-order valence-electron chi connectivity index (χ1n) is 3.14. The van der Waals surface area contributed by atoms with Gasteiger partial charge in [-0.2, -0.15) is 11.8 Å². The van der Waals surface area contributed by atoms with Crippen molar-refractivity contribution >= 4 is 17.7 Å². The number of aliphatic hydroxyl groups is 1. The summed E-state index contributed by atoms with van der Waals surface area (Å²) in [4.78, 5) is 10.0. The van der Waals surface area contributed by atoms with Crippen LogP contribution in [-0.4, -0.2) is 33.8 Å². The van der Waals surface area contributed by atoms with E-state index in [1.165, 1.54) is 0 Å². The molecule has 2 N–H and O–H groups in total. The molecule has 0 spiro atoms. The highest BCUT2D eigenvalue weighted by Gasteiger charge is 2.07. The van der Waals surface area contributed by atoms with Crippen LogP contribution >= 0.6 is 11.8 Å². The predicted octanol–water partition coefficient (Wildman–Crippen LogP) is 0.575. The van der Waals surface area contributed by atoms with Gasteiger partial charge in [0.05, 0.1) is 12.5 Å². The van der Waals surface area contributed by atoms with E-state index in [1.54, 1.807) is 11.8 Å². The summed E-state index contributed by atoms with van der Waals surface area (Å²) in [5.41, 5.74) is 0. The van der Waals surface area contributed by atoms with Gasteiger partial charge in [0, 0.05) is 5.75 Å². The van der Waals surface area contributed by atoms with Crippen molar-refractivity contribution in [1.29, 1.82) is 0 Å². The number of aliphatic hydroxyl groups excluding tert-OH is 1. The number of carboxylic acid groups (broad SMARTS) is 1. The van der Waals surface area contributed by atoms with Crippen LogP contribution in [0.1, 0.15) is 13.3 Å². The summed E-state index contributed by atoms with van der Waals surface area (Å²) in [5.74, 6) is 0.489. The molecule has 0 bridgehead atoms. The van der Waals surface area contributed by atoms with E-state index in [0.29, 0.717) is 5.75 Å². The van der Waals surface area contributed by atoms with E-state index >= 15 is 0 Å². The van der Waals surface area contributed by atoms with Gasteiger partial charge in [-0.25, -0.2) is 0 Å². The summed E-state index contributed by atoms with van der Waals surface area (Å²) in [5, 5.41) is 17.2. The van der Waals surface area contributed by atoms with Gasteiger partial charge in [0.25, 0.3) is 0 Å². The number of thioether (sulfide) groups is 1. The normalized spacial score (nSPS) is 13.0. The molecule has 0 aliphatic rings. The van der Waals surface area contributed by atoms with E-state index in [1.807, 2.05) is 6.92 Å². The molecule has 0 aromatic carbocycles. The standard InChI is InChI=1S/C6H12O3S/c1-2-10-4-5(7)3-6(8)9/h5,7H,2-4H2,1H3,(H,8,9)/t5-/m1/s1. The van der Waals surface area contributed by atoms with Crippen molar-refractivity contribution in [3.8, 4) is 0 Å². The largest absolute Gasteiger partial charge is 0.481 e. The second-order valence-corrected chi connectivity index (χ2v) is 3.23. The first-order valence-corrected chi connectivity index (χ1v) is 4.30. The topological polar surface area (TPSA) is 57.5 Å². The third-order valence-corrected chi connectivity index (χ3v) is 1.95. The zero-order valence-corrected chi connectivity index (χ0v) is 6.73. The van der Waals surface area contributed by atoms with Crippen LogP contribution in [0.15, 0.2) is 0 Å². The molecule has 0 unspecified atom stereocenters. The minimum Gasteiger partial charge on any atom is -0.481 e. The Balaban J connectivity index is 3.25. The first-order chi connectivity index (χ1) is 4.66. The molecule has 0 aliphatic carbocycles. The van der Waals surface area contributed by atoms with Crippen LogP contribution in [0.2, 0.25) is 0 Å². The van der Waals surface area contributed by atoms with Crippen molar-refractivity contribution < 1.29 is 15.0 Å². The smallest absolute Gasteiger partial charge is 0.306 e. The van der Waals surface area contributed by atoms with E-state index in [2.05, 4.69) is 0 Å². The van der Waals surface area contributed by atoms with Crippen molar-refractivity contribution in [3.63, 3.8) is 0 Å². The van der Waals surface area contributed by atoms with E-state index in [0.717, 1.165) is 5.75 Å². The Hall–Kier alpha value is -0.220. The third-order valence-electron chi connectivity index (χ3n) is 0.925. The molecule has 60 valence electrons. The Labute approximate surface area is 64.4 Å². The molecular formula is C6H12O3S. The summed E-state index contributed by atoms with van der Waals surface area (Å²) < 4.78 is 0. The highest BCUT2D eigenvalue weighted by Crippen LogP contribution is 2.04. The number of hydrogen-bond acceptors (Lipinski definition) is 3. The van der Waals surface area contributed by atoms with Gasteiger partial charge in [-0.15, -0.1) is 0 Å². The van der Waals surface area contributed by atoms with Crippen LogP contribution in [0.5, 0.6) is 0 Å². The summed E-state index contributed by atoms with van der Waals surface area (Å²) in [7, 11) is 0. The Morgan fingerprint density at radius 3 is 2.70 bits per heavy atom. The maximum atomic E-state index is 10.0. The lowest BCUT2D eigenvalue weighted by Crippen LogP contribution is -2.15. The molecule has 0 aromatic heterocycles. The predicted molar refractivity (Wildman–Crippen MR) is 41.3 cm³/mol. The van der Waals surface area contributed by atoms with Crippen LogP contribution < -0.4 is 0 Å². The Kier molecular flexibility index (Phi) is 5.43. The number of rotatable bonds is 5. The lowest BCUT2D eigenvalue weighted by molar-refractivity contribution is -0.138. The molecule has 1 atom stereocenters. The van der Waals surface area contributed by atoms with Crippen molar-refractivity contribution in [2.24, 2.45) is 0 Å². The van der Waals surface area contributed by atoms with Crippen LogP contribution in [0.4, 0.5) is 0 Å². The van der Waals surface area contributed by atoms with Crippen molar-refractivity contribution in [2.75, 3.05) is 11.5 Å². The lowest BCUT2D eigenvalue weighted by Gasteiger charge is -2.04. The van der Waals surface area contributed by atoms with E-state index in [-0.39, 0.29) is 6.42 Å². The van der Waals surface area contributed by atoms with Gasteiger partial charge in [-0.3, -0.25) is 4.79 Å². The van der Waals surface area contributed by atoms with Gasteiger partial charge in [-0.1, -0.05) is 6.92 Å². The number of carboxylic acids is 1. The fourth-order valence-corrected chi connectivity index (χ4v) is 1.14. The minimum atomic E-state index is -0.941. The quantitative estimate of drug-likeness (QED) is 0.624. The van der Waals surface area contributed by atoms with E-state index in [4.69, 9.17) is 10.2 Å². The Bertz CT molecular complexity index is 105. The molecule has 0 radical (unpaired) electrons. The van der Waals surface area contributed by atoms with Gasteiger partial charge in [0.1, 0.15) is 0 Å². The van der Waals surface area contributed by atoms with E-state index in [9.17, 15) is 4.79 Å². The average Bonchev–Trinajstić information content (AvgIpc) is 1.82. The minimum absolute atomic E-state index is 0.146. The highest BCUT2D eigenvalue weighted by molar-refractivity contribution is 7.99. The molecular weight excluding hydrogens is 152 g/mol. The fourth-order valence-electron chi connectivity index (χ4n) is 0.514. The van der Waals surface area contributed by atoms with Gasteiger partial charge < -0.3 is 10.2 Å². The van der Waals surface area contributed by atoms with Gasteiger partial charge in [-0.05, 0) is 5.75 Å². The highest BCUT2D eigenvalue weighted by atomic mass is 32.2. The lowest BCUT2D eigenvalue weighted by atomic mass is 10.3.